The van der Waals surface area contributed by atoms with Gasteiger partial charge in [0, 0.05) is 12.6 Å². The number of hydrogen-bond donors (Lipinski definition) is 0. The van der Waals surface area contributed by atoms with Gasteiger partial charge in [0.25, 0.3) is 0 Å². The largest absolute Gasteiger partial charge is 0.218 e. The van der Waals surface area contributed by atoms with Crippen molar-refractivity contribution in [3.8, 4) is 0 Å². The normalized spacial score (nSPS) is 36.9. The lowest BCUT2D eigenvalue weighted by Crippen LogP contribution is -2.60. The van der Waals surface area contributed by atoms with E-state index in [0.29, 0.717) is 0 Å². The summed E-state index contributed by atoms with van der Waals surface area (Å²) in [6.45, 7) is 0. The van der Waals surface area contributed by atoms with E-state index in [1.165, 1.54) is 19.3 Å². The Morgan fingerprint density at radius 2 is 1.50 bits per heavy atom. The van der Waals surface area contributed by atoms with Gasteiger partial charge in [0.2, 0.25) is 10.0 Å². The summed E-state index contributed by atoms with van der Waals surface area (Å²) >= 11 is 0. The molecule has 3 nitrogen and oxygen atoms in total. The maximum atomic E-state index is 12.9. The quantitative estimate of drug-likeness (QED) is 0.853. The minimum atomic E-state index is -3.24. The van der Waals surface area contributed by atoms with Crippen LogP contribution in [0.1, 0.15) is 44.1 Å². The van der Waals surface area contributed by atoms with Crippen LogP contribution in [0.15, 0.2) is 30.3 Å². The molecule has 4 fully saturated rings. The Labute approximate surface area is 133 Å². The maximum absolute atomic E-state index is 12.9. The summed E-state index contributed by atoms with van der Waals surface area (Å²) in [5, 5.41) is 0. The summed E-state index contributed by atoms with van der Waals surface area (Å²) in [5.74, 6) is 2.42. The van der Waals surface area contributed by atoms with Crippen LogP contribution in [-0.4, -0.2) is 25.3 Å². The molecule has 1 aromatic carbocycles. The summed E-state index contributed by atoms with van der Waals surface area (Å²) in [6, 6.07) is 9.57. The van der Waals surface area contributed by atoms with E-state index in [9.17, 15) is 8.42 Å². The fraction of sp³-hybridized carbons (Fsp3) is 0.667. The molecule has 1 aromatic rings. The van der Waals surface area contributed by atoms with Gasteiger partial charge in [-0.2, -0.15) is 4.31 Å². The van der Waals surface area contributed by atoms with Crippen molar-refractivity contribution in [1.82, 2.24) is 4.31 Å². The molecule has 0 radical (unpaired) electrons. The summed E-state index contributed by atoms with van der Waals surface area (Å²) < 4.78 is 27.7. The van der Waals surface area contributed by atoms with Crippen LogP contribution in [0.5, 0.6) is 0 Å². The Hall–Kier alpha value is -0.870. The fourth-order valence-electron chi connectivity index (χ4n) is 5.63. The Morgan fingerprint density at radius 1 is 1.00 bits per heavy atom. The van der Waals surface area contributed by atoms with Gasteiger partial charge in [-0.25, -0.2) is 8.42 Å². The molecule has 4 saturated carbocycles. The first-order valence-corrected chi connectivity index (χ1v) is 10.1. The third-order valence-electron chi connectivity index (χ3n) is 6.28. The van der Waals surface area contributed by atoms with Crippen molar-refractivity contribution < 1.29 is 8.42 Å². The van der Waals surface area contributed by atoms with Crippen molar-refractivity contribution in [2.24, 2.45) is 17.8 Å². The van der Waals surface area contributed by atoms with E-state index in [1.54, 1.807) is 4.31 Å². The second-order valence-corrected chi connectivity index (χ2v) is 9.85. The molecular weight excluding hydrogens is 294 g/mol. The molecule has 0 amide bonds. The predicted molar refractivity (Wildman–Crippen MR) is 87.7 cm³/mol. The van der Waals surface area contributed by atoms with E-state index < -0.39 is 10.0 Å². The zero-order chi connectivity index (χ0) is 15.4. The lowest BCUT2D eigenvalue weighted by molar-refractivity contribution is -0.0496. The van der Waals surface area contributed by atoms with Crippen molar-refractivity contribution in [3.63, 3.8) is 0 Å². The Kier molecular flexibility index (Phi) is 3.39. The monoisotopic (exact) mass is 319 g/mol. The molecule has 0 unspecified atom stereocenters. The van der Waals surface area contributed by atoms with E-state index in [1.807, 2.05) is 37.4 Å². The van der Waals surface area contributed by atoms with Gasteiger partial charge in [0.05, 0.1) is 5.75 Å². The average molecular weight is 319 g/mol. The molecule has 0 aliphatic heterocycles. The van der Waals surface area contributed by atoms with E-state index in [4.69, 9.17) is 0 Å². The Bertz CT molecular complexity index is 618. The van der Waals surface area contributed by atoms with E-state index in [0.717, 1.165) is 42.6 Å². The van der Waals surface area contributed by atoms with Gasteiger partial charge < -0.3 is 0 Å². The minimum absolute atomic E-state index is 0.0810. The van der Waals surface area contributed by atoms with Gasteiger partial charge in [-0.05, 0) is 61.8 Å². The first kappa shape index (κ1) is 14.7. The average Bonchev–Trinajstić information content (AvgIpc) is 2.45. The minimum Gasteiger partial charge on any atom is -0.212 e. The van der Waals surface area contributed by atoms with Crippen LogP contribution in [0.25, 0.3) is 0 Å². The molecular formula is C18H25NO2S. The molecule has 0 spiro atoms. The van der Waals surface area contributed by atoms with Crippen molar-refractivity contribution in [2.75, 3.05) is 7.05 Å². The SMILES string of the molecule is CN(C12CC3CC(CC(C3)C1)C2)S(=O)(=O)Cc1ccccc1. The van der Waals surface area contributed by atoms with Crippen LogP contribution in [0, 0.1) is 17.8 Å². The first-order chi connectivity index (χ1) is 10.5. The van der Waals surface area contributed by atoms with Crippen molar-refractivity contribution in [1.29, 1.82) is 0 Å². The first-order valence-electron chi connectivity index (χ1n) is 8.47. The Balaban J connectivity index is 1.59. The van der Waals surface area contributed by atoms with Gasteiger partial charge in [0.15, 0.2) is 0 Å². The third-order valence-corrected chi connectivity index (χ3v) is 8.20. The highest BCUT2D eigenvalue weighted by Gasteiger charge is 2.54. The molecule has 4 bridgehead atoms. The smallest absolute Gasteiger partial charge is 0.212 e. The molecule has 0 heterocycles. The number of rotatable bonds is 4. The molecule has 120 valence electrons. The van der Waals surface area contributed by atoms with Crippen LogP contribution < -0.4 is 0 Å². The molecule has 0 saturated heterocycles. The fourth-order valence-corrected chi connectivity index (χ4v) is 7.25. The maximum Gasteiger partial charge on any atom is 0.218 e. The second kappa shape index (κ2) is 5.07. The third kappa shape index (κ3) is 2.41. The van der Waals surface area contributed by atoms with E-state index >= 15 is 0 Å². The number of benzene rings is 1. The molecule has 4 heteroatoms. The molecule has 4 aliphatic rings. The molecule has 0 aromatic heterocycles. The van der Waals surface area contributed by atoms with Crippen LogP contribution in [0.4, 0.5) is 0 Å². The second-order valence-electron chi connectivity index (χ2n) is 7.85. The van der Waals surface area contributed by atoms with E-state index in [2.05, 4.69) is 0 Å². The summed E-state index contributed by atoms with van der Waals surface area (Å²) in [7, 11) is -1.40. The topological polar surface area (TPSA) is 37.4 Å². The van der Waals surface area contributed by atoms with Crippen LogP contribution in [0.3, 0.4) is 0 Å². The van der Waals surface area contributed by atoms with Crippen LogP contribution in [-0.2, 0) is 15.8 Å². The molecule has 0 N–H and O–H groups in total. The number of hydrogen-bond acceptors (Lipinski definition) is 2. The highest BCUT2D eigenvalue weighted by Crippen LogP contribution is 2.58. The van der Waals surface area contributed by atoms with Crippen LogP contribution >= 0.6 is 0 Å². The number of sulfonamides is 1. The zero-order valence-corrected chi connectivity index (χ0v) is 14.1. The van der Waals surface area contributed by atoms with Crippen LogP contribution in [0.2, 0.25) is 0 Å². The summed E-state index contributed by atoms with van der Waals surface area (Å²) in [5.41, 5.74) is 0.807. The molecule has 0 atom stereocenters. The highest BCUT2D eigenvalue weighted by atomic mass is 32.2. The summed E-state index contributed by atoms with van der Waals surface area (Å²) in [4.78, 5) is 0. The lowest BCUT2D eigenvalue weighted by atomic mass is 9.53. The summed E-state index contributed by atoms with van der Waals surface area (Å²) in [6.07, 6.45) is 7.28. The Morgan fingerprint density at radius 3 is 2.00 bits per heavy atom. The zero-order valence-electron chi connectivity index (χ0n) is 13.2. The van der Waals surface area contributed by atoms with E-state index in [-0.39, 0.29) is 11.3 Å². The lowest BCUT2D eigenvalue weighted by Gasteiger charge is -2.59. The number of nitrogens with zero attached hydrogens (tertiary/aromatic N) is 1. The molecule has 4 aliphatic carbocycles. The van der Waals surface area contributed by atoms with Gasteiger partial charge in [-0.3, -0.25) is 0 Å². The predicted octanol–water partition coefficient (Wildman–Crippen LogP) is 3.42. The van der Waals surface area contributed by atoms with Crippen molar-refractivity contribution in [2.45, 2.75) is 49.8 Å². The molecule has 22 heavy (non-hydrogen) atoms. The van der Waals surface area contributed by atoms with Gasteiger partial charge in [-0.15, -0.1) is 0 Å². The standard InChI is InChI=1S/C18H25NO2S/c1-19(22(20,21)13-14-5-3-2-4-6-14)18-10-15-7-16(11-18)9-17(8-15)12-18/h2-6,15-17H,7-13H2,1H3. The van der Waals surface area contributed by atoms with Crippen molar-refractivity contribution in [3.05, 3.63) is 35.9 Å². The van der Waals surface area contributed by atoms with Gasteiger partial charge in [0.1, 0.15) is 0 Å². The van der Waals surface area contributed by atoms with Gasteiger partial charge >= 0.3 is 0 Å². The highest BCUT2D eigenvalue weighted by molar-refractivity contribution is 7.88. The van der Waals surface area contributed by atoms with Gasteiger partial charge in [-0.1, -0.05) is 30.3 Å². The van der Waals surface area contributed by atoms with Crippen molar-refractivity contribution >= 4 is 10.0 Å². The molecule has 5 rings (SSSR count).